The second-order valence-corrected chi connectivity index (χ2v) is 4.13. The Morgan fingerprint density at radius 1 is 1.15 bits per heavy atom. The van der Waals surface area contributed by atoms with Crippen LogP contribution in [0.15, 0.2) is 48.5 Å². The number of carbonyl (C=O) groups excluding carboxylic acids is 1. The number of aliphatic hydroxyl groups is 1. The Hall–Kier alpha value is -0.694. The minimum atomic E-state index is -1.32. The molecular weight excluding hydrogens is 283 g/mol. The van der Waals surface area contributed by atoms with Crippen molar-refractivity contribution in [2.45, 2.75) is 13.0 Å². The summed E-state index contributed by atoms with van der Waals surface area (Å²) in [7, 11) is 0. The van der Waals surface area contributed by atoms with E-state index < -0.39 is 12.1 Å². The average molecular weight is 296 g/mol. The predicted molar refractivity (Wildman–Crippen MR) is 67.9 cm³/mol. The minimum Gasteiger partial charge on any atom is -0.545 e. The van der Waals surface area contributed by atoms with Crippen LogP contribution in [0.2, 0.25) is 0 Å². The second-order valence-electron chi connectivity index (χ2n) is 4.13. The molecule has 20 heavy (non-hydrogen) atoms. The van der Waals surface area contributed by atoms with Crippen LogP contribution in [0.25, 0.3) is 0 Å². The number of hydrogen-bond acceptors (Lipinski definition) is 4. The van der Waals surface area contributed by atoms with E-state index in [-0.39, 0.29) is 62.5 Å². The number of para-hydroxylation sites is 1. The molecule has 98 valence electrons. The predicted octanol–water partition coefficient (Wildman–Crippen LogP) is -1.10. The molecule has 0 heterocycles. The summed E-state index contributed by atoms with van der Waals surface area (Å²) in [6.07, 6.45) is -0.910. The maximum Gasteiger partial charge on any atom is 1.00 e. The van der Waals surface area contributed by atoms with Crippen molar-refractivity contribution in [1.29, 1.82) is 0 Å². The molecule has 0 aliphatic heterocycles. The van der Waals surface area contributed by atoms with Crippen LogP contribution in [0.4, 0.5) is 0 Å². The number of ether oxygens (including phenoxy) is 1. The van der Waals surface area contributed by atoms with Crippen molar-refractivity contribution in [3.8, 4) is 11.5 Å². The Kier molecular flexibility index (Phi) is 6.88. The van der Waals surface area contributed by atoms with Gasteiger partial charge in [-0.1, -0.05) is 18.2 Å². The summed E-state index contributed by atoms with van der Waals surface area (Å²) in [6, 6.07) is 13.5. The van der Waals surface area contributed by atoms with Crippen LogP contribution in [0.5, 0.6) is 11.5 Å². The third-order valence-corrected chi connectivity index (χ3v) is 2.67. The van der Waals surface area contributed by atoms with Crippen LogP contribution in [-0.4, -0.2) is 11.1 Å². The molecule has 0 bridgehead atoms. The van der Waals surface area contributed by atoms with Gasteiger partial charge >= 0.3 is 51.4 Å². The molecule has 0 aromatic heterocycles. The number of hydrogen-bond donors (Lipinski definition) is 1. The van der Waals surface area contributed by atoms with E-state index in [0.29, 0.717) is 11.5 Å². The van der Waals surface area contributed by atoms with E-state index in [1.165, 1.54) is 25.1 Å². The van der Waals surface area contributed by atoms with Crippen molar-refractivity contribution >= 4 is 5.97 Å². The maximum atomic E-state index is 10.9. The third-order valence-electron chi connectivity index (χ3n) is 2.67. The van der Waals surface area contributed by atoms with Gasteiger partial charge in [-0.25, -0.2) is 0 Å². The fourth-order valence-corrected chi connectivity index (χ4v) is 1.76. The van der Waals surface area contributed by atoms with Crippen molar-refractivity contribution in [3.63, 3.8) is 0 Å². The van der Waals surface area contributed by atoms with Crippen molar-refractivity contribution < 1.29 is 71.1 Å². The van der Waals surface area contributed by atoms with Crippen LogP contribution in [0.3, 0.4) is 0 Å². The van der Waals surface area contributed by atoms with Gasteiger partial charge in [0, 0.05) is 5.56 Å². The fraction of sp³-hybridized carbons (Fsp3) is 0.133. The van der Waals surface area contributed by atoms with Crippen molar-refractivity contribution in [1.82, 2.24) is 0 Å². The van der Waals surface area contributed by atoms with E-state index in [2.05, 4.69) is 0 Å². The van der Waals surface area contributed by atoms with E-state index >= 15 is 0 Å². The van der Waals surface area contributed by atoms with E-state index in [4.69, 9.17) is 4.74 Å². The molecular formula is C15H13KO4. The molecule has 1 N–H and O–H groups in total. The largest absolute Gasteiger partial charge is 1.00 e. The molecule has 0 fully saturated rings. The SMILES string of the molecule is CC(O)c1cc(Oc2ccccc2)ccc1C(=O)[O-].[K+]. The summed E-state index contributed by atoms with van der Waals surface area (Å²) in [5.41, 5.74) is 0.240. The Labute approximate surface area is 159 Å². The zero-order chi connectivity index (χ0) is 13.8. The number of carbonyl (C=O) groups is 1. The van der Waals surface area contributed by atoms with Crippen molar-refractivity contribution in [3.05, 3.63) is 59.7 Å². The number of carboxylic acid groups (broad SMARTS) is 1. The van der Waals surface area contributed by atoms with E-state index in [0.717, 1.165) is 0 Å². The van der Waals surface area contributed by atoms with Gasteiger partial charge in [-0.2, -0.15) is 0 Å². The molecule has 0 radical (unpaired) electrons. The van der Waals surface area contributed by atoms with Gasteiger partial charge in [-0.3, -0.25) is 0 Å². The average Bonchev–Trinajstić information content (AvgIpc) is 2.39. The summed E-state index contributed by atoms with van der Waals surface area (Å²) in [4.78, 5) is 10.9. The molecule has 1 unspecified atom stereocenters. The molecule has 5 heteroatoms. The second kappa shape index (κ2) is 7.92. The van der Waals surface area contributed by atoms with E-state index in [1.807, 2.05) is 18.2 Å². The number of benzene rings is 2. The Morgan fingerprint density at radius 2 is 1.80 bits per heavy atom. The molecule has 2 aromatic carbocycles. The van der Waals surface area contributed by atoms with Crippen LogP contribution in [0.1, 0.15) is 28.9 Å². The van der Waals surface area contributed by atoms with Crippen molar-refractivity contribution in [2.24, 2.45) is 0 Å². The summed E-state index contributed by atoms with van der Waals surface area (Å²) in [5.74, 6) is -0.213. The first-order valence-electron chi connectivity index (χ1n) is 5.84. The summed E-state index contributed by atoms with van der Waals surface area (Å²) in [6.45, 7) is 1.49. The number of aromatic carboxylic acids is 1. The van der Waals surface area contributed by atoms with Gasteiger partial charge in [0.1, 0.15) is 11.5 Å². The molecule has 2 aromatic rings. The van der Waals surface area contributed by atoms with Gasteiger partial charge in [-0.15, -0.1) is 0 Å². The topological polar surface area (TPSA) is 69.6 Å². The first-order chi connectivity index (χ1) is 9.08. The van der Waals surface area contributed by atoms with Gasteiger partial charge in [-0.05, 0) is 42.8 Å². The Morgan fingerprint density at radius 3 is 2.35 bits per heavy atom. The number of aliphatic hydroxyl groups excluding tert-OH is 1. The van der Waals surface area contributed by atoms with Gasteiger partial charge in [0.2, 0.25) is 0 Å². The van der Waals surface area contributed by atoms with Crippen LogP contribution < -0.4 is 61.2 Å². The normalized spacial score (nSPS) is 11.3. The molecule has 0 aliphatic carbocycles. The first kappa shape index (κ1) is 17.4. The summed E-state index contributed by atoms with van der Waals surface area (Å²) >= 11 is 0. The van der Waals surface area contributed by atoms with Gasteiger partial charge in [0.15, 0.2) is 0 Å². The fourth-order valence-electron chi connectivity index (χ4n) is 1.76. The molecule has 0 saturated heterocycles. The number of carboxylic acids is 1. The zero-order valence-electron chi connectivity index (χ0n) is 11.4. The van der Waals surface area contributed by atoms with Gasteiger partial charge in [0.25, 0.3) is 0 Å². The van der Waals surface area contributed by atoms with E-state index in [1.54, 1.807) is 12.1 Å². The quantitative estimate of drug-likeness (QED) is 0.727. The standard InChI is InChI=1S/C15H14O4.K/c1-10(16)14-9-12(7-8-13(14)15(17)18)19-11-5-3-2-4-6-11;/h2-10,16H,1H3,(H,17,18);/q;+1/p-1. The molecule has 0 aliphatic rings. The van der Waals surface area contributed by atoms with Crippen molar-refractivity contribution in [2.75, 3.05) is 0 Å². The summed E-state index contributed by atoms with van der Waals surface area (Å²) < 4.78 is 5.58. The molecule has 2 rings (SSSR count). The zero-order valence-corrected chi connectivity index (χ0v) is 14.5. The first-order valence-corrected chi connectivity index (χ1v) is 5.84. The Balaban J connectivity index is 0.00000200. The van der Waals surface area contributed by atoms with Crippen LogP contribution >= 0.6 is 0 Å². The molecule has 4 nitrogen and oxygen atoms in total. The number of rotatable bonds is 4. The maximum absolute atomic E-state index is 10.9. The van der Waals surface area contributed by atoms with Gasteiger partial charge < -0.3 is 19.7 Å². The third kappa shape index (κ3) is 4.41. The monoisotopic (exact) mass is 296 g/mol. The summed E-state index contributed by atoms with van der Waals surface area (Å²) in [5, 5.41) is 20.5. The minimum absolute atomic E-state index is 0. The van der Waals surface area contributed by atoms with E-state index in [9.17, 15) is 15.0 Å². The van der Waals surface area contributed by atoms with Crippen LogP contribution in [0, 0.1) is 0 Å². The smallest absolute Gasteiger partial charge is 0.545 e. The van der Waals surface area contributed by atoms with Crippen LogP contribution in [-0.2, 0) is 0 Å². The van der Waals surface area contributed by atoms with Gasteiger partial charge in [0.05, 0.1) is 12.1 Å². The Bertz CT molecular complexity index is 582. The molecule has 0 saturated carbocycles. The molecule has 0 amide bonds. The molecule has 0 spiro atoms. The molecule has 1 atom stereocenters.